The number of anilines is 1. The van der Waals surface area contributed by atoms with Crippen molar-refractivity contribution in [1.29, 1.82) is 0 Å². The predicted molar refractivity (Wildman–Crippen MR) is 83.0 cm³/mol. The molecular formula is C14H19N3O3S. The first-order valence-corrected chi connectivity index (χ1v) is 8.53. The first-order chi connectivity index (χ1) is 9.77. The first-order valence-electron chi connectivity index (χ1n) is 6.71. The Morgan fingerprint density at radius 2 is 2.10 bits per heavy atom. The molecule has 1 heterocycles. The predicted octanol–water partition coefficient (Wildman–Crippen LogP) is 1.88. The second kappa shape index (κ2) is 5.85. The van der Waals surface area contributed by atoms with Gasteiger partial charge in [0.1, 0.15) is 5.75 Å². The number of amides is 1. The molecule has 0 bridgehead atoms. The lowest BCUT2D eigenvalue weighted by atomic mass is 10.1. The molecule has 7 heteroatoms. The number of carbonyl (C=O) groups excluding carboxylic acids is 1. The van der Waals surface area contributed by atoms with Crippen molar-refractivity contribution in [2.24, 2.45) is 5.92 Å². The van der Waals surface area contributed by atoms with E-state index in [4.69, 9.17) is 0 Å². The van der Waals surface area contributed by atoms with Gasteiger partial charge in [-0.3, -0.25) is 9.89 Å². The Bertz CT molecular complexity index is 763. The van der Waals surface area contributed by atoms with Crippen LogP contribution in [0.2, 0.25) is 0 Å². The fourth-order valence-corrected chi connectivity index (χ4v) is 3.79. The van der Waals surface area contributed by atoms with Crippen LogP contribution in [0.15, 0.2) is 18.3 Å². The molecule has 1 aromatic heterocycles. The Morgan fingerprint density at radius 3 is 2.76 bits per heavy atom. The van der Waals surface area contributed by atoms with Gasteiger partial charge in [-0.05, 0) is 30.5 Å². The molecule has 114 valence electrons. The second-order valence-electron chi connectivity index (χ2n) is 5.62. The molecule has 0 fully saturated rings. The van der Waals surface area contributed by atoms with E-state index in [0.29, 0.717) is 5.69 Å². The van der Waals surface area contributed by atoms with Gasteiger partial charge in [0, 0.05) is 11.1 Å². The highest BCUT2D eigenvalue weighted by Gasteiger charge is 2.19. The summed E-state index contributed by atoms with van der Waals surface area (Å²) in [4.78, 5) is 11.9. The number of rotatable bonds is 5. The molecule has 6 nitrogen and oxygen atoms in total. The Kier molecular flexibility index (Phi) is 4.32. The molecule has 2 aromatic rings. The average Bonchev–Trinajstić information content (AvgIpc) is 2.73. The smallest absolute Gasteiger partial charge is 0.239 e. The lowest BCUT2D eigenvalue weighted by Gasteiger charge is -2.10. The number of hydrogen-bond acceptors (Lipinski definition) is 4. The molecule has 0 atom stereocenters. The number of aromatic amines is 1. The van der Waals surface area contributed by atoms with Crippen LogP contribution in [0.4, 0.5) is 5.69 Å². The van der Waals surface area contributed by atoms with E-state index in [0.717, 1.165) is 16.5 Å². The zero-order valence-electron chi connectivity index (χ0n) is 12.3. The molecule has 21 heavy (non-hydrogen) atoms. The highest BCUT2D eigenvalue weighted by Crippen LogP contribution is 2.21. The topological polar surface area (TPSA) is 91.9 Å². The molecule has 1 amide bonds. The maximum Gasteiger partial charge on any atom is 0.239 e. The Balaban J connectivity index is 2.12. The van der Waals surface area contributed by atoms with Crippen molar-refractivity contribution in [3.63, 3.8) is 0 Å². The Labute approximate surface area is 123 Å². The number of fused-ring (bicyclic) bond motifs is 1. The minimum absolute atomic E-state index is 0.00631. The molecule has 1 aromatic carbocycles. The normalized spacial score (nSPS) is 12.0. The molecule has 2 rings (SSSR count). The quantitative estimate of drug-likeness (QED) is 0.882. The zero-order valence-corrected chi connectivity index (χ0v) is 13.1. The van der Waals surface area contributed by atoms with Crippen molar-refractivity contribution < 1.29 is 13.2 Å². The van der Waals surface area contributed by atoms with Gasteiger partial charge in [0.05, 0.1) is 17.5 Å². The van der Waals surface area contributed by atoms with Crippen LogP contribution >= 0.6 is 0 Å². The largest absolute Gasteiger partial charge is 0.325 e. The summed E-state index contributed by atoms with van der Waals surface area (Å²) in [6.07, 6.45) is 1.65. The van der Waals surface area contributed by atoms with Crippen molar-refractivity contribution in [2.45, 2.75) is 20.8 Å². The van der Waals surface area contributed by atoms with Crippen LogP contribution in [0.3, 0.4) is 0 Å². The number of aromatic nitrogens is 2. The van der Waals surface area contributed by atoms with Crippen LogP contribution in [0.1, 0.15) is 19.4 Å². The fourth-order valence-electron chi connectivity index (χ4n) is 2.19. The maximum absolute atomic E-state index is 11.9. The summed E-state index contributed by atoms with van der Waals surface area (Å²) in [6, 6.07) is 3.64. The summed E-state index contributed by atoms with van der Waals surface area (Å²) in [6.45, 7) is 5.47. The zero-order chi connectivity index (χ0) is 15.6. The number of sulfone groups is 1. The summed E-state index contributed by atoms with van der Waals surface area (Å²) in [5, 5.41) is 10.3. The number of benzene rings is 1. The van der Waals surface area contributed by atoms with E-state index in [1.165, 1.54) is 0 Å². The summed E-state index contributed by atoms with van der Waals surface area (Å²) >= 11 is 0. The maximum atomic E-state index is 11.9. The molecule has 0 spiro atoms. The van der Waals surface area contributed by atoms with E-state index in [-0.39, 0.29) is 11.7 Å². The number of H-pyrrole nitrogens is 1. The van der Waals surface area contributed by atoms with E-state index >= 15 is 0 Å². The van der Waals surface area contributed by atoms with Crippen LogP contribution in [-0.4, -0.2) is 36.0 Å². The van der Waals surface area contributed by atoms with E-state index in [2.05, 4.69) is 15.5 Å². The number of carbonyl (C=O) groups is 1. The number of aryl methyl sites for hydroxylation is 1. The lowest BCUT2D eigenvalue weighted by Crippen LogP contribution is -2.26. The average molecular weight is 309 g/mol. The van der Waals surface area contributed by atoms with E-state index in [1.807, 2.05) is 26.8 Å². The number of hydrogen-bond donors (Lipinski definition) is 2. The molecule has 0 unspecified atom stereocenters. The van der Waals surface area contributed by atoms with Crippen LogP contribution in [-0.2, 0) is 14.6 Å². The molecule has 0 aliphatic rings. The highest BCUT2D eigenvalue weighted by atomic mass is 32.2. The Hall–Kier alpha value is -1.89. The molecular weight excluding hydrogens is 290 g/mol. The van der Waals surface area contributed by atoms with E-state index < -0.39 is 21.5 Å². The van der Waals surface area contributed by atoms with Crippen molar-refractivity contribution in [2.75, 3.05) is 16.8 Å². The minimum Gasteiger partial charge on any atom is -0.325 e. The van der Waals surface area contributed by atoms with Gasteiger partial charge in [0.15, 0.2) is 9.84 Å². The summed E-state index contributed by atoms with van der Waals surface area (Å²) in [7, 11) is -3.38. The van der Waals surface area contributed by atoms with Gasteiger partial charge in [0.2, 0.25) is 5.91 Å². The van der Waals surface area contributed by atoms with Crippen LogP contribution in [0, 0.1) is 12.8 Å². The van der Waals surface area contributed by atoms with Gasteiger partial charge in [0.25, 0.3) is 0 Å². The van der Waals surface area contributed by atoms with Gasteiger partial charge in [-0.2, -0.15) is 5.10 Å². The van der Waals surface area contributed by atoms with Crippen LogP contribution in [0.25, 0.3) is 10.9 Å². The van der Waals surface area contributed by atoms with Crippen LogP contribution in [0.5, 0.6) is 0 Å². The van der Waals surface area contributed by atoms with Crippen LogP contribution < -0.4 is 5.32 Å². The molecule has 0 aliphatic carbocycles. The standard InChI is InChI=1S/C14H19N3O3S/c1-9(2)7-21(19,20)8-14(18)16-12-5-11-6-15-17-13(11)4-10(12)3/h4-6,9H,7-8H2,1-3H3,(H,15,17)(H,16,18). The van der Waals surface area contributed by atoms with Gasteiger partial charge in [-0.25, -0.2) is 8.42 Å². The third-order valence-corrected chi connectivity index (χ3v) is 4.87. The first kappa shape index (κ1) is 15.5. The van der Waals surface area contributed by atoms with Crippen molar-refractivity contribution >= 4 is 32.3 Å². The van der Waals surface area contributed by atoms with Crippen molar-refractivity contribution in [1.82, 2.24) is 10.2 Å². The SMILES string of the molecule is Cc1cc2[nH]ncc2cc1NC(=O)CS(=O)(=O)CC(C)C. The van der Waals surface area contributed by atoms with Gasteiger partial charge in [-0.15, -0.1) is 0 Å². The Morgan fingerprint density at radius 1 is 1.38 bits per heavy atom. The molecule has 2 N–H and O–H groups in total. The fraction of sp³-hybridized carbons (Fsp3) is 0.429. The second-order valence-corrected chi connectivity index (χ2v) is 7.73. The molecule has 0 saturated carbocycles. The summed E-state index contributed by atoms with van der Waals surface area (Å²) in [5.74, 6) is -0.984. The van der Waals surface area contributed by atoms with Crippen molar-refractivity contribution in [3.8, 4) is 0 Å². The monoisotopic (exact) mass is 309 g/mol. The molecule has 0 aliphatic heterocycles. The summed E-state index contributed by atoms with van der Waals surface area (Å²) < 4.78 is 23.6. The van der Waals surface area contributed by atoms with Crippen molar-refractivity contribution in [3.05, 3.63) is 23.9 Å². The van der Waals surface area contributed by atoms with Gasteiger partial charge >= 0.3 is 0 Å². The molecule has 0 radical (unpaired) electrons. The molecule has 0 saturated heterocycles. The van der Waals surface area contributed by atoms with Gasteiger partial charge < -0.3 is 5.32 Å². The van der Waals surface area contributed by atoms with E-state index in [1.54, 1.807) is 12.3 Å². The third kappa shape index (κ3) is 4.04. The third-order valence-electron chi connectivity index (χ3n) is 3.00. The number of nitrogens with one attached hydrogen (secondary N) is 2. The summed E-state index contributed by atoms with van der Waals surface area (Å²) in [5.41, 5.74) is 2.33. The highest BCUT2D eigenvalue weighted by molar-refractivity contribution is 7.92. The lowest BCUT2D eigenvalue weighted by molar-refractivity contribution is -0.113. The van der Waals surface area contributed by atoms with Gasteiger partial charge in [-0.1, -0.05) is 13.8 Å². The number of nitrogens with zero attached hydrogens (tertiary/aromatic N) is 1. The minimum atomic E-state index is -3.38. The van der Waals surface area contributed by atoms with E-state index in [9.17, 15) is 13.2 Å².